The van der Waals surface area contributed by atoms with E-state index in [1.807, 2.05) is 41.5 Å². The SMILES string of the molecule is CC[C@H]1[C@@H](C(=O)OC(C)(C)C)[C@H]([C@H]2COC(C)(C)O2)[C@@H]2CC[C@@]1(O)O2. The molecule has 25 heavy (non-hydrogen) atoms. The second-order valence-electron chi connectivity index (χ2n) is 9.06. The van der Waals surface area contributed by atoms with Crippen LogP contribution in [0, 0.1) is 17.8 Å². The lowest BCUT2D eigenvalue weighted by Crippen LogP contribution is -2.57. The van der Waals surface area contributed by atoms with Gasteiger partial charge in [-0.3, -0.25) is 4.79 Å². The maximum atomic E-state index is 13.1. The highest BCUT2D eigenvalue weighted by molar-refractivity contribution is 5.74. The quantitative estimate of drug-likeness (QED) is 0.784. The number of aliphatic hydroxyl groups is 1. The summed E-state index contributed by atoms with van der Waals surface area (Å²) < 4.78 is 23.5. The molecule has 6 nitrogen and oxygen atoms in total. The normalized spacial score (nSPS) is 43.2. The molecule has 144 valence electrons. The van der Waals surface area contributed by atoms with Crippen LogP contribution in [-0.4, -0.2) is 47.1 Å². The van der Waals surface area contributed by atoms with E-state index >= 15 is 0 Å². The Labute approximate surface area is 150 Å². The van der Waals surface area contributed by atoms with Gasteiger partial charge in [-0.2, -0.15) is 0 Å². The standard InChI is InChI=1S/C19H32O6/c1-7-11-14(16(20)25-17(2,3)4)15(12-8-9-19(11,21)24-12)13-10-22-18(5,6)23-13/h11-15,21H,7-10H2,1-6H3/t11-,12-,13+,14+,15-,19+/m0/s1. The van der Waals surface area contributed by atoms with Crippen LogP contribution in [0.1, 0.15) is 60.8 Å². The maximum absolute atomic E-state index is 13.1. The summed E-state index contributed by atoms with van der Waals surface area (Å²) in [4.78, 5) is 13.1. The van der Waals surface area contributed by atoms with Gasteiger partial charge >= 0.3 is 5.97 Å². The highest BCUT2D eigenvalue weighted by Crippen LogP contribution is 2.53. The molecule has 6 atom stereocenters. The average Bonchev–Trinajstić information content (AvgIpc) is 2.98. The second kappa shape index (κ2) is 6.19. The molecule has 0 aromatic carbocycles. The Morgan fingerprint density at radius 3 is 2.44 bits per heavy atom. The molecule has 0 saturated carbocycles. The number of hydrogen-bond acceptors (Lipinski definition) is 6. The van der Waals surface area contributed by atoms with Crippen molar-refractivity contribution in [3.8, 4) is 0 Å². The van der Waals surface area contributed by atoms with Crippen LogP contribution in [0.15, 0.2) is 0 Å². The summed E-state index contributed by atoms with van der Waals surface area (Å²) in [5.41, 5.74) is -0.577. The molecule has 3 fully saturated rings. The van der Waals surface area contributed by atoms with Gasteiger partial charge in [0.05, 0.1) is 24.7 Å². The summed E-state index contributed by atoms with van der Waals surface area (Å²) in [6.45, 7) is 11.7. The fraction of sp³-hybridized carbons (Fsp3) is 0.947. The van der Waals surface area contributed by atoms with E-state index in [4.69, 9.17) is 18.9 Å². The first kappa shape index (κ1) is 19.1. The first-order valence-corrected chi connectivity index (χ1v) is 9.40. The molecule has 6 heteroatoms. The van der Waals surface area contributed by atoms with Gasteiger partial charge in [-0.15, -0.1) is 0 Å². The third-order valence-corrected chi connectivity index (χ3v) is 5.58. The van der Waals surface area contributed by atoms with E-state index in [1.54, 1.807) is 0 Å². The van der Waals surface area contributed by atoms with Crippen molar-refractivity contribution in [3.05, 3.63) is 0 Å². The topological polar surface area (TPSA) is 74.2 Å². The van der Waals surface area contributed by atoms with E-state index in [-0.39, 0.29) is 30.0 Å². The van der Waals surface area contributed by atoms with E-state index in [0.717, 1.165) is 6.42 Å². The van der Waals surface area contributed by atoms with E-state index in [9.17, 15) is 9.90 Å². The number of rotatable bonds is 3. The van der Waals surface area contributed by atoms with Gasteiger partial charge in [0.2, 0.25) is 0 Å². The Kier molecular flexibility index (Phi) is 4.72. The molecular weight excluding hydrogens is 324 g/mol. The van der Waals surface area contributed by atoms with Gasteiger partial charge in [0, 0.05) is 18.3 Å². The third kappa shape index (κ3) is 3.59. The van der Waals surface area contributed by atoms with Crippen LogP contribution in [-0.2, 0) is 23.7 Å². The Hall–Kier alpha value is -0.690. The van der Waals surface area contributed by atoms with Crippen molar-refractivity contribution < 1.29 is 28.8 Å². The lowest BCUT2D eigenvalue weighted by Gasteiger charge is -2.47. The van der Waals surface area contributed by atoms with Crippen LogP contribution in [0.4, 0.5) is 0 Å². The van der Waals surface area contributed by atoms with Gasteiger partial charge in [-0.25, -0.2) is 0 Å². The van der Waals surface area contributed by atoms with Crippen LogP contribution in [0.3, 0.4) is 0 Å². The summed E-state index contributed by atoms with van der Waals surface area (Å²) in [6, 6.07) is 0. The zero-order valence-electron chi connectivity index (χ0n) is 16.2. The minimum Gasteiger partial charge on any atom is -0.460 e. The van der Waals surface area contributed by atoms with Crippen molar-refractivity contribution in [3.63, 3.8) is 0 Å². The summed E-state index contributed by atoms with van der Waals surface area (Å²) >= 11 is 0. The third-order valence-electron chi connectivity index (χ3n) is 5.58. The Morgan fingerprint density at radius 2 is 1.92 bits per heavy atom. The second-order valence-corrected chi connectivity index (χ2v) is 9.06. The molecule has 3 heterocycles. The number of carbonyl (C=O) groups is 1. The summed E-state index contributed by atoms with van der Waals surface area (Å²) in [5.74, 6) is -3.13. The zero-order chi connectivity index (χ0) is 18.6. The number of hydrogen-bond donors (Lipinski definition) is 1. The number of ether oxygens (including phenoxy) is 4. The fourth-order valence-corrected chi connectivity index (χ4v) is 4.69. The first-order chi connectivity index (χ1) is 11.5. The van der Waals surface area contributed by atoms with Crippen LogP contribution >= 0.6 is 0 Å². The molecule has 0 unspecified atom stereocenters. The van der Waals surface area contributed by atoms with Crippen LogP contribution < -0.4 is 0 Å². The van der Waals surface area contributed by atoms with Crippen LogP contribution in [0.2, 0.25) is 0 Å². The smallest absolute Gasteiger partial charge is 0.310 e. The molecule has 3 aliphatic heterocycles. The Balaban J connectivity index is 1.93. The van der Waals surface area contributed by atoms with Crippen molar-refractivity contribution >= 4 is 5.97 Å². The van der Waals surface area contributed by atoms with Crippen molar-refractivity contribution in [2.24, 2.45) is 17.8 Å². The molecule has 0 spiro atoms. The van der Waals surface area contributed by atoms with Gasteiger partial charge in [0.25, 0.3) is 0 Å². The van der Waals surface area contributed by atoms with Gasteiger partial charge < -0.3 is 24.1 Å². The molecule has 0 radical (unpaired) electrons. The van der Waals surface area contributed by atoms with E-state index in [1.165, 1.54) is 0 Å². The minimum atomic E-state index is -1.24. The van der Waals surface area contributed by atoms with Gasteiger partial charge in [-0.05, 0) is 47.5 Å². The van der Waals surface area contributed by atoms with E-state index < -0.39 is 23.1 Å². The number of carbonyl (C=O) groups excluding carboxylic acids is 1. The molecule has 0 aromatic rings. The van der Waals surface area contributed by atoms with E-state index in [0.29, 0.717) is 19.4 Å². The molecular formula is C19H32O6. The zero-order valence-corrected chi connectivity index (χ0v) is 16.2. The molecule has 3 saturated heterocycles. The van der Waals surface area contributed by atoms with Crippen molar-refractivity contribution in [2.75, 3.05) is 6.61 Å². The molecule has 3 aliphatic rings. The van der Waals surface area contributed by atoms with Crippen molar-refractivity contribution in [1.82, 2.24) is 0 Å². The molecule has 0 amide bonds. The molecule has 2 bridgehead atoms. The summed E-state index contributed by atoms with van der Waals surface area (Å²) in [5, 5.41) is 11.0. The molecule has 1 N–H and O–H groups in total. The van der Waals surface area contributed by atoms with Gasteiger partial charge in [0.1, 0.15) is 5.60 Å². The molecule has 3 rings (SSSR count). The lowest BCUT2D eigenvalue weighted by atomic mass is 9.71. The lowest BCUT2D eigenvalue weighted by molar-refractivity contribution is -0.290. The number of esters is 1. The molecule has 0 aromatic heterocycles. The first-order valence-electron chi connectivity index (χ1n) is 9.40. The van der Waals surface area contributed by atoms with Crippen LogP contribution in [0.25, 0.3) is 0 Å². The average molecular weight is 356 g/mol. The summed E-state index contributed by atoms with van der Waals surface area (Å²) in [7, 11) is 0. The Bertz CT molecular complexity index is 524. The van der Waals surface area contributed by atoms with Crippen molar-refractivity contribution in [2.45, 2.75) is 90.2 Å². The molecule has 0 aliphatic carbocycles. The Morgan fingerprint density at radius 1 is 1.24 bits per heavy atom. The monoisotopic (exact) mass is 356 g/mol. The highest BCUT2D eigenvalue weighted by atomic mass is 16.7. The maximum Gasteiger partial charge on any atom is 0.310 e. The largest absolute Gasteiger partial charge is 0.460 e. The number of fused-ring (bicyclic) bond motifs is 2. The van der Waals surface area contributed by atoms with Crippen LogP contribution in [0.5, 0.6) is 0 Å². The predicted octanol–water partition coefficient (Wildman–Crippen LogP) is 2.62. The van der Waals surface area contributed by atoms with Gasteiger partial charge in [0.15, 0.2) is 11.6 Å². The minimum absolute atomic E-state index is 0.177. The van der Waals surface area contributed by atoms with Gasteiger partial charge in [-0.1, -0.05) is 6.92 Å². The fourth-order valence-electron chi connectivity index (χ4n) is 4.69. The predicted molar refractivity (Wildman–Crippen MR) is 90.6 cm³/mol. The van der Waals surface area contributed by atoms with E-state index in [2.05, 4.69) is 0 Å². The summed E-state index contributed by atoms with van der Waals surface area (Å²) in [6.07, 6.45) is 1.45. The highest BCUT2D eigenvalue weighted by Gasteiger charge is 2.62. The van der Waals surface area contributed by atoms with Crippen molar-refractivity contribution in [1.29, 1.82) is 0 Å².